The third-order valence-corrected chi connectivity index (χ3v) is 6.87. The molecule has 0 spiro atoms. The number of hydrogen-bond acceptors (Lipinski definition) is 2. The van der Waals surface area contributed by atoms with Crippen molar-refractivity contribution in [2.24, 2.45) is 23.7 Å². The molecule has 4 aliphatic carbocycles. The van der Waals surface area contributed by atoms with E-state index in [2.05, 4.69) is 4.98 Å². The Bertz CT molecular complexity index is 872. The monoisotopic (exact) mass is 336 g/mol. The zero-order valence-electron chi connectivity index (χ0n) is 14.6. The summed E-state index contributed by atoms with van der Waals surface area (Å²) in [7, 11) is 0. The number of pyridine rings is 1. The summed E-state index contributed by atoms with van der Waals surface area (Å²) in [5, 5.41) is 1.55. The number of rotatable bonds is 2. The highest BCUT2D eigenvalue weighted by Gasteiger charge is 2.51. The van der Waals surface area contributed by atoms with Gasteiger partial charge in [-0.05, 0) is 74.0 Å². The van der Waals surface area contributed by atoms with Gasteiger partial charge in [-0.3, -0.25) is 9.59 Å². The SMILES string of the molecule is CC(=O)N(c1cccc2c(=O)[nH]ccc12)C1C2CC3CC(C2)CC1C3. The van der Waals surface area contributed by atoms with Crippen LogP contribution in [0.25, 0.3) is 10.8 Å². The van der Waals surface area contributed by atoms with Gasteiger partial charge in [0.25, 0.3) is 5.56 Å². The maximum atomic E-state index is 12.7. The van der Waals surface area contributed by atoms with Crippen LogP contribution in [0.4, 0.5) is 5.69 Å². The molecular formula is C21H24N2O2. The molecule has 1 N–H and O–H groups in total. The van der Waals surface area contributed by atoms with Crippen LogP contribution in [0.1, 0.15) is 39.0 Å². The molecule has 0 radical (unpaired) electrons. The lowest BCUT2D eigenvalue weighted by atomic mass is 9.53. The molecule has 4 saturated carbocycles. The summed E-state index contributed by atoms with van der Waals surface area (Å²) in [6.07, 6.45) is 8.17. The number of benzene rings is 1. The van der Waals surface area contributed by atoms with Crippen molar-refractivity contribution >= 4 is 22.4 Å². The standard InChI is InChI=1S/C21H24N2O2/c1-12(24)23(19-4-2-3-18-17(19)5-6-22-21(18)25)20-15-8-13-7-14(10-15)11-16(20)9-13/h2-6,13-16,20H,7-11H2,1H3,(H,22,25). The summed E-state index contributed by atoms with van der Waals surface area (Å²) >= 11 is 0. The molecular weight excluding hydrogens is 312 g/mol. The Morgan fingerprint density at radius 2 is 1.68 bits per heavy atom. The Labute approximate surface area is 147 Å². The van der Waals surface area contributed by atoms with Crippen molar-refractivity contribution in [2.75, 3.05) is 4.90 Å². The van der Waals surface area contributed by atoms with Crippen molar-refractivity contribution in [1.29, 1.82) is 0 Å². The molecule has 1 heterocycles. The first-order valence-electron chi connectivity index (χ1n) is 9.52. The topological polar surface area (TPSA) is 53.2 Å². The molecule has 4 fully saturated rings. The van der Waals surface area contributed by atoms with Crippen molar-refractivity contribution in [3.63, 3.8) is 0 Å². The average molecular weight is 336 g/mol. The molecule has 130 valence electrons. The molecule has 4 heteroatoms. The smallest absolute Gasteiger partial charge is 0.255 e. The first kappa shape index (κ1) is 15.2. The molecule has 2 aromatic rings. The van der Waals surface area contributed by atoms with Crippen LogP contribution in [-0.4, -0.2) is 16.9 Å². The number of hydrogen-bond donors (Lipinski definition) is 1. The van der Waals surface area contributed by atoms with E-state index in [9.17, 15) is 9.59 Å². The average Bonchev–Trinajstić information content (AvgIpc) is 2.57. The maximum absolute atomic E-state index is 12.7. The fraction of sp³-hybridized carbons (Fsp3) is 0.524. The van der Waals surface area contributed by atoms with Crippen LogP contribution in [0.15, 0.2) is 35.3 Å². The van der Waals surface area contributed by atoms with Crippen LogP contribution in [0, 0.1) is 23.7 Å². The van der Waals surface area contributed by atoms with Crippen LogP contribution in [-0.2, 0) is 4.79 Å². The highest BCUT2D eigenvalue weighted by molar-refractivity contribution is 6.03. The predicted molar refractivity (Wildman–Crippen MR) is 98.6 cm³/mol. The fourth-order valence-corrected chi connectivity index (χ4v) is 6.27. The third kappa shape index (κ3) is 2.26. The van der Waals surface area contributed by atoms with E-state index in [1.54, 1.807) is 13.1 Å². The van der Waals surface area contributed by atoms with E-state index in [1.807, 2.05) is 29.2 Å². The van der Waals surface area contributed by atoms with Crippen LogP contribution in [0.5, 0.6) is 0 Å². The van der Waals surface area contributed by atoms with E-state index in [0.717, 1.165) is 22.9 Å². The third-order valence-electron chi connectivity index (χ3n) is 6.87. The number of carbonyl (C=O) groups excluding carboxylic acids is 1. The first-order chi connectivity index (χ1) is 12.1. The van der Waals surface area contributed by atoms with Gasteiger partial charge in [0.1, 0.15) is 0 Å². The van der Waals surface area contributed by atoms with E-state index < -0.39 is 0 Å². The highest BCUT2D eigenvalue weighted by atomic mass is 16.2. The van der Waals surface area contributed by atoms with Gasteiger partial charge in [-0.2, -0.15) is 0 Å². The Hall–Kier alpha value is -2.10. The minimum absolute atomic E-state index is 0.0899. The van der Waals surface area contributed by atoms with Gasteiger partial charge < -0.3 is 9.88 Å². The zero-order valence-corrected chi connectivity index (χ0v) is 14.6. The molecule has 1 aromatic carbocycles. The molecule has 0 atom stereocenters. The quantitative estimate of drug-likeness (QED) is 0.909. The number of nitrogens with one attached hydrogen (secondary N) is 1. The second kappa shape index (κ2) is 5.45. The summed E-state index contributed by atoms with van der Waals surface area (Å²) < 4.78 is 0. The van der Waals surface area contributed by atoms with Crippen LogP contribution in [0.2, 0.25) is 0 Å². The Balaban J connectivity index is 1.64. The van der Waals surface area contributed by atoms with E-state index in [-0.39, 0.29) is 11.5 Å². The van der Waals surface area contributed by atoms with E-state index in [0.29, 0.717) is 23.3 Å². The molecule has 25 heavy (non-hydrogen) atoms. The Morgan fingerprint density at radius 1 is 1.00 bits per heavy atom. The van der Waals surface area contributed by atoms with Gasteiger partial charge in [-0.15, -0.1) is 0 Å². The number of H-pyrrole nitrogens is 1. The summed E-state index contributed by atoms with van der Waals surface area (Å²) in [6.45, 7) is 1.68. The molecule has 0 aliphatic heterocycles. The van der Waals surface area contributed by atoms with Crippen LogP contribution < -0.4 is 10.5 Å². The number of aromatic nitrogens is 1. The molecule has 4 nitrogen and oxygen atoms in total. The van der Waals surface area contributed by atoms with Crippen molar-refractivity contribution < 1.29 is 4.79 Å². The Morgan fingerprint density at radius 3 is 2.32 bits per heavy atom. The zero-order chi connectivity index (χ0) is 17.1. The fourth-order valence-electron chi connectivity index (χ4n) is 6.27. The number of amides is 1. The van der Waals surface area contributed by atoms with Crippen molar-refractivity contribution in [3.8, 4) is 0 Å². The number of fused-ring (bicyclic) bond motifs is 1. The van der Waals surface area contributed by atoms with E-state index >= 15 is 0 Å². The second-order valence-corrected chi connectivity index (χ2v) is 8.36. The van der Waals surface area contributed by atoms with Gasteiger partial charge in [0.05, 0.1) is 5.69 Å². The predicted octanol–water partition coefficient (Wildman–Crippen LogP) is 3.71. The molecule has 4 bridgehead atoms. The molecule has 0 unspecified atom stereocenters. The summed E-state index contributed by atoms with van der Waals surface area (Å²) in [5.41, 5.74) is 0.821. The largest absolute Gasteiger partial charge is 0.329 e. The molecule has 1 aromatic heterocycles. The van der Waals surface area contributed by atoms with Crippen LogP contribution >= 0.6 is 0 Å². The van der Waals surface area contributed by atoms with E-state index in [1.165, 1.54) is 32.1 Å². The highest BCUT2D eigenvalue weighted by Crippen LogP contribution is 2.55. The molecule has 1 amide bonds. The second-order valence-electron chi connectivity index (χ2n) is 8.36. The molecule has 4 aliphatic rings. The lowest BCUT2D eigenvalue weighted by Gasteiger charge is -2.57. The summed E-state index contributed by atoms with van der Waals surface area (Å²) in [6, 6.07) is 7.98. The van der Waals surface area contributed by atoms with Gasteiger partial charge in [-0.25, -0.2) is 0 Å². The van der Waals surface area contributed by atoms with Crippen LogP contribution in [0.3, 0.4) is 0 Å². The number of carbonyl (C=O) groups is 1. The van der Waals surface area contributed by atoms with Crippen molar-refractivity contribution in [3.05, 3.63) is 40.8 Å². The normalized spacial score (nSPS) is 32.9. The van der Waals surface area contributed by atoms with Gasteiger partial charge in [0.2, 0.25) is 5.91 Å². The summed E-state index contributed by atoms with van der Waals surface area (Å²) in [5.74, 6) is 3.10. The number of aromatic amines is 1. The van der Waals surface area contributed by atoms with Crippen molar-refractivity contribution in [2.45, 2.75) is 45.1 Å². The van der Waals surface area contributed by atoms with Gasteiger partial charge in [0, 0.05) is 29.9 Å². The first-order valence-corrected chi connectivity index (χ1v) is 9.52. The summed E-state index contributed by atoms with van der Waals surface area (Å²) in [4.78, 5) is 29.7. The number of nitrogens with zero attached hydrogens (tertiary/aromatic N) is 1. The Kier molecular flexibility index (Phi) is 3.31. The molecule has 0 saturated heterocycles. The van der Waals surface area contributed by atoms with E-state index in [4.69, 9.17) is 0 Å². The van der Waals surface area contributed by atoms with Gasteiger partial charge in [-0.1, -0.05) is 6.07 Å². The lowest BCUT2D eigenvalue weighted by Crippen LogP contribution is -2.57. The number of anilines is 1. The molecule has 6 rings (SSSR count). The maximum Gasteiger partial charge on any atom is 0.255 e. The minimum Gasteiger partial charge on any atom is -0.329 e. The van der Waals surface area contributed by atoms with Gasteiger partial charge in [0.15, 0.2) is 0 Å². The minimum atomic E-state index is -0.0899. The van der Waals surface area contributed by atoms with Crippen molar-refractivity contribution in [1.82, 2.24) is 4.98 Å². The van der Waals surface area contributed by atoms with Gasteiger partial charge >= 0.3 is 0 Å². The lowest BCUT2D eigenvalue weighted by molar-refractivity contribution is -0.119.